The van der Waals surface area contributed by atoms with Crippen LogP contribution in [0.15, 0.2) is 18.2 Å². The maximum absolute atomic E-state index is 13.0. The van der Waals surface area contributed by atoms with Crippen molar-refractivity contribution >= 4 is 5.97 Å². The first-order valence-electron chi connectivity index (χ1n) is 3.94. The minimum atomic E-state index is -2.66. The molecule has 0 unspecified atom stereocenters. The quantitative estimate of drug-likeness (QED) is 0.845. The first-order valence-corrected chi connectivity index (χ1v) is 3.94. The number of carboxylic acids is 1. The van der Waals surface area contributed by atoms with Crippen LogP contribution in [0.25, 0.3) is 0 Å². The van der Waals surface area contributed by atoms with Crippen LogP contribution in [0.2, 0.25) is 0 Å². The molecule has 0 radical (unpaired) electrons. The molecule has 3 nitrogen and oxygen atoms in total. The summed E-state index contributed by atoms with van der Waals surface area (Å²) in [5.74, 6) is -2.57. The van der Waals surface area contributed by atoms with Gasteiger partial charge in [0.2, 0.25) is 0 Å². The van der Waals surface area contributed by atoms with Gasteiger partial charge in [0.15, 0.2) is 0 Å². The summed E-state index contributed by atoms with van der Waals surface area (Å²) < 4.78 is 40.9. The van der Waals surface area contributed by atoms with Gasteiger partial charge in [-0.15, -0.1) is 0 Å². The molecule has 0 aromatic heterocycles. The summed E-state index contributed by atoms with van der Waals surface area (Å²) in [5, 5.41) is 8.47. The van der Waals surface area contributed by atoms with Gasteiger partial charge in [0, 0.05) is 6.07 Å². The van der Waals surface area contributed by atoms with Crippen LogP contribution in [-0.2, 0) is 0 Å². The van der Waals surface area contributed by atoms with E-state index in [4.69, 9.17) is 5.11 Å². The number of ether oxygens (including phenoxy) is 1. The molecule has 0 heterocycles. The van der Waals surface area contributed by atoms with Crippen molar-refractivity contribution in [2.75, 3.05) is 6.61 Å². The van der Waals surface area contributed by atoms with Crippen LogP contribution in [0.1, 0.15) is 10.4 Å². The second-order valence-corrected chi connectivity index (χ2v) is 2.65. The Bertz CT molecular complexity index is 366. The number of alkyl halides is 2. The Morgan fingerprint density at radius 1 is 1.47 bits per heavy atom. The van der Waals surface area contributed by atoms with E-state index in [2.05, 4.69) is 4.74 Å². The third-order valence-corrected chi connectivity index (χ3v) is 1.55. The lowest BCUT2D eigenvalue weighted by Gasteiger charge is -2.05. The molecule has 0 spiro atoms. The van der Waals surface area contributed by atoms with Gasteiger partial charge in [-0.2, -0.15) is 0 Å². The minimum Gasteiger partial charge on any atom is -0.488 e. The second-order valence-electron chi connectivity index (χ2n) is 2.65. The number of benzene rings is 1. The van der Waals surface area contributed by atoms with Crippen LogP contribution in [-0.4, -0.2) is 24.1 Å². The highest BCUT2D eigenvalue weighted by atomic mass is 19.3. The van der Waals surface area contributed by atoms with Crippen molar-refractivity contribution in [1.29, 1.82) is 0 Å². The molecule has 15 heavy (non-hydrogen) atoms. The Hall–Kier alpha value is -1.72. The largest absolute Gasteiger partial charge is 0.488 e. The molecule has 0 aliphatic carbocycles. The van der Waals surface area contributed by atoms with Gasteiger partial charge in [-0.1, -0.05) is 0 Å². The number of carboxylic acid groups (broad SMARTS) is 1. The first kappa shape index (κ1) is 11.4. The van der Waals surface area contributed by atoms with E-state index < -0.39 is 30.4 Å². The van der Waals surface area contributed by atoms with E-state index in [9.17, 15) is 18.0 Å². The molecule has 1 N–H and O–H groups in total. The number of hydrogen-bond acceptors (Lipinski definition) is 2. The van der Waals surface area contributed by atoms with Crippen molar-refractivity contribution < 1.29 is 27.8 Å². The van der Waals surface area contributed by atoms with E-state index in [1.165, 1.54) is 0 Å². The average molecular weight is 220 g/mol. The highest BCUT2D eigenvalue weighted by Gasteiger charge is 2.11. The molecule has 0 fully saturated rings. The number of halogens is 3. The molecule has 0 saturated heterocycles. The number of carbonyl (C=O) groups is 1. The summed E-state index contributed by atoms with van der Waals surface area (Å²) in [7, 11) is 0. The SMILES string of the molecule is O=C(O)c1ccc(OCC(F)F)cc1F. The van der Waals surface area contributed by atoms with E-state index in [-0.39, 0.29) is 5.75 Å². The monoisotopic (exact) mass is 220 g/mol. The fourth-order valence-corrected chi connectivity index (χ4v) is 0.918. The summed E-state index contributed by atoms with van der Waals surface area (Å²) in [6, 6.07) is 2.83. The highest BCUT2D eigenvalue weighted by Crippen LogP contribution is 2.17. The summed E-state index contributed by atoms with van der Waals surface area (Å²) in [4.78, 5) is 10.4. The lowest BCUT2D eigenvalue weighted by molar-refractivity contribution is 0.0689. The summed E-state index contributed by atoms with van der Waals surface area (Å²) in [5.41, 5.74) is -0.528. The fourth-order valence-electron chi connectivity index (χ4n) is 0.918. The van der Waals surface area contributed by atoms with Crippen molar-refractivity contribution in [2.24, 2.45) is 0 Å². The third kappa shape index (κ3) is 3.16. The van der Waals surface area contributed by atoms with E-state index in [1.54, 1.807) is 0 Å². The zero-order valence-electron chi connectivity index (χ0n) is 7.41. The molecule has 1 aromatic rings. The van der Waals surface area contributed by atoms with Gasteiger partial charge in [0.05, 0.1) is 5.56 Å². The summed E-state index contributed by atoms with van der Waals surface area (Å²) in [6.45, 7) is -0.855. The molecule has 82 valence electrons. The summed E-state index contributed by atoms with van der Waals surface area (Å²) in [6.07, 6.45) is -2.66. The standard InChI is InChI=1S/C9H7F3O3/c10-7-3-5(15-4-8(11)12)1-2-6(7)9(13)14/h1-3,8H,4H2,(H,13,14). The van der Waals surface area contributed by atoms with Gasteiger partial charge in [-0.25, -0.2) is 18.0 Å². The smallest absolute Gasteiger partial charge is 0.338 e. The van der Waals surface area contributed by atoms with Gasteiger partial charge in [-0.05, 0) is 12.1 Å². The van der Waals surface area contributed by atoms with E-state index in [0.29, 0.717) is 0 Å². The van der Waals surface area contributed by atoms with Crippen LogP contribution in [0.5, 0.6) is 5.75 Å². The van der Waals surface area contributed by atoms with Crippen LogP contribution in [0.4, 0.5) is 13.2 Å². The van der Waals surface area contributed by atoms with Crippen molar-refractivity contribution in [3.63, 3.8) is 0 Å². The van der Waals surface area contributed by atoms with Crippen LogP contribution < -0.4 is 4.74 Å². The van der Waals surface area contributed by atoms with E-state index in [1.807, 2.05) is 0 Å². The molecule has 0 aliphatic rings. The Labute approximate surface area is 83.1 Å². The van der Waals surface area contributed by atoms with Crippen molar-refractivity contribution in [2.45, 2.75) is 6.43 Å². The van der Waals surface area contributed by atoms with E-state index in [0.717, 1.165) is 18.2 Å². The van der Waals surface area contributed by atoms with Gasteiger partial charge < -0.3 is 9.84 Å². The van der Waals surface area contributed by atoms with Crippen molar-refractivity contribution in [3.8, 4) is 5.75 Å². The molecule has 0 amide bonds. The molecule has 0 bridgehead atoms. The Balaban J connectivity index is 2.78. The highest BCUT2D eigenvalue weighted by molar-refractivity contribution is 5.88. The van der Waals surface area contributed by atoms with Gasteiger partial charge in [-0.3, -0.25) is 0 Å². The Morgan fingerprint density at radius 2 is 2.13 bits per heavy atom. The number of rotatable bonds is 4. The predicted octanol–water partition coefficient (Wildman–Crippen LogP) is 2.17. The maximum atomic E-state index is 13.0. The molecule has 1 aromatic carbocycles. The summed E-state index contributed by atoms with van der Waals surface area (Å²) >= 11 is 0. The average Bonchev–Trinajstić information content (AvgIpc) is 2.14. The molecule has 0 aliphatic heterocycles. The van der Waals surface area contributed by atoms with Crippen molar-refractivity contribution in [3.05, 3.63) is 29.6 Å². The lowest BCUT2D eigenvalue weighted by atomic mass is 10.2. The van der Waals surface area contributed by atoms with Crippen LogP contribution in [0.3, 0.4) is 0 Å². The second kappa shape index (κ2) is 4.68. The zero-order chi connectivity index (χ0) is 11.4. The number of aromatic carboxylic acids is 1. The fraction of sp³-hybridized carbons (Fsp3) is 0.222. The van der Waals surface area contributed by atoms with Gasteiger partial charge >= 0.3 is 5.97 Å². The molecular formula is C9H7F3O3. The predicted molar refractivity (Wildman–Crippen MR) is 44.9 cm³/mol. The van der Waals surface area contributed by atoms with Crippen molar-refractivity contribution in [1.82, 2.24) is 0 Å². The normalized spacial score (nSPS) is 10.4. The third-order valence-electron chi connectivity index (χ3n) is 1.55. The van der Waals surface area contributed by atoms with E-state index >= 15 is 0 Å². The lowest BCUT2D eigenvalue weighted by Crippen LogP contribution is -2.08. The first-order chi connectivity index (χ1) is 7.00. The molecule has 0 saturated carbocycles. The molecule has 0 atom stereocenters. The van der Waals surface area contributed by atoms with Gasteiger partial charge in [0.1, 0.15) is 18.2 Å². The molecule has 1 rings (SSSR count). The number of hydrogen-bond donors (Lipinski definition) is 1. The van der Waals surface area contributed by atoms with Gasteiger partial charge in [0.25, 0.3) is 6.43 Å². The Kier molecular flexibility index (Phi) is 3.54. The minimum absolute atomic E-state index is 0.127. The molecular weight excluding hydrogens is 213 g/mol. The van der Waals surface area contributed by atoms with Crippen LogP contribution in [0, 0.1) is 5.82 Å². The maximum Gasteiger partial charge on any atom is 0.338 e. The topological polar surface area (TPSA) is 46.5 Å². The zero-order valence-corrected chi connectivity index (χ0v) is 7.41. The molecule has 6 heteroatoms. The Morgan fingerprint density at radius 3 is 2.60 bits per heavy atom. The van der Waals surface area contributed by atoms with Crippen LogP contribution >= 0.6 is 0 Å².